The summed E-state index contributed by atoms with van der Waals surface area (Å²) >= 11 is 6.48. The third-order valence-corrected chi connectivity index (χ3v) is 4.95. The van der Waals surface area contributed by atoms with Gasteiger partial charge in [-0.25, -0.2) is 0 Å². The molecule has 1 N–H and O–H groups in total. The molecule has 1 heterocycles. The standard InChI is InChI=1S/C18H12ClN3O6S/c19-11-3-1-10(2-4-11)7-15-17(25)21(18(26)29-15)9-16(24)20-13-8-12(22(27)28)5-6-14(13)23/h1-8,23H,9H2,(H,20,24)/p-1/b15-7+. The lowest BCUT2D eigenvalue weighted by Crippen LogP contribution is -2.36. The first kappa shape index (κ1) is 20.4. The van der Waals surface area contributed by atoms with Crippen LogP contribution in [0.1, 0.15) is 5.56 Å². The molecule has 2 aromatic carbocycles. The van der Waals surface area contributed by atoms with E-state index in [9.17, 15) is 29.6 Å². The smallest absolute Gasteiger partial charge is 0.294 e. The average molecular weight is 433 g/mol. The summed E-state index contributed by atoms with van der Waals surface area (Å²) in [5, 5.41) is 24.6. The molecule has 1 saturated heterocycles. The number of nitro groups is 1. The van der Waals surface area contributed by atoms with Crippen LogP contribution in [0.15, 0.2) is 47.4 Å². The number of nitrogens with zero attached hydrogens (tertiary/aromatic N) is 2. The number of carbonyl (C=O) groups excluding carboxylic acids is 3. The van der Waals surface area contributed by atoms with Crippen molar-refractivity contribution in [3.8, 4) is 5.75 Å². The van der Waals surface area contributed by atoms with Crippen LogP contribution < -0.4 is 10.4 Å². The van der Waals surface area contributed by atoms with Crippen LogP contribution in [-0.2, 0) is 9.59 Å². The van der Waals surface area contributed by atoms with Crippen molar-refractivity contribution < 1.29 is 24.4 Å². The molecule has 11 heteroatoms. The van der Waals surface area contributed by atoms with Crippen LogP contribution in [0.4, 0.5) is 16.2 Å². The summed E-state index contributed by atoms with van der Waals surface area (Å²) in [6.45, 7) is -0.634. The fourth-order valence-electron chi connectivity index (χ4n) is 2.41. The molecule has 0 saturated carbocycles. The van der Waals surface area contributed by atoms with E-state index in [1.165, 1.54) is 6.08 Å². The van der Waals surface area contributed by atoms with E-state index in [1.54, 1.807) is 24.3 Å². The highest BCUT2D eigenvalue weighted by Crippen LogP contribution is 2.32. The third kappa shape index (κ3) is 4.73. The Morgan fingerprint density at radius 3 is 2.55 bits per heavy atom. The van der Waals surface area contributed by atoms with Gasteiger partial charge in [0.15, 0.2) is 0 Å². The monoisotopic (exact) mass is 432 g/mol. The molecule has 1 fully saturated rings. The summed E-state index contributed by atoms with van der Waals surface area (Å²) in [5.41, 5.74) is -0.0400. The molecule has 148 valence electrons. The van der Waals surface area contributed by atoms with Gasteiger partial charge < -0.3 is 10.4 Å². The molecule has 0 aromatic heterocycles. The van der Waals surface area contributed by atoms with E-state index in [2.05, 4.69) is 5.32 Å². The largest absolute Gasteiger partial charge is 0.871 e. The van der Waals surface area contributed by atoms with Gasteiger partial charge in [-0.3, -0.25) is 29.4 Å². The summed E-state index contributed by atoms with van der Waals surface area (Å²) in [6.07, 6.45) is 1.50. The lowest BCUT2D eigenvalue weighted by Gasteiger charge is -2.16. The minimum Gasteiger partial charge on any atom is -0.871 e. The third-order valence-electron chi connectivity index (χ3n) is 3.79. The Hall–Kier alpha value is -3.37. The number of thioether (sulfide) groups is 1. The zero-order valence-electron chi connectivity index (χ0n) is 14.5. The van der Waals surface area contributed by atoms with E-state index in [0.29, 0.717) is 22.3 Å². The molecule has 9 nitrogen and oxygen atoms in total. The van der Waals surface area contributed by atoms with Gasteiger partial charge in [-0.2, -0.15) is 0 Å². The molecule has 3 rings (SSSR count). The number of hydrogen-bond acceptors (Lipinski definition) is 7. The summed E-state index contributed by atoms with van der Waals surface area (Å²) < 4.78 is 0. The highest BCUT2D eigenvalue weighted by Gasteiger charge is 2.36. The Balaban J connectivity index is 1.71. The van der Waals surface area contributed by atoms with Crippen LogP contribution in [0.3, 0.4) is 0 Å². The SMILES string of the molecule is O=C(CN1C(=O)S/C(=C/c2ccc(Cl)cc2)C1=O)Nc1cc([N+](=O)[O-])ccc1[O-]. The van der Waals surface area contributed by atoms with Crippen molar-refractivity contribution >= 4 is 57.9 Å². The summed E-state index contributed by atoms with van der Waals surface area (Å²) in [4.78, 5) is 47.7. The molecule has 0 atom stereocenters. The van der Waals surface area contributed by atoms with Crippen LogP contribution in [0, 0.1) is 10.1 Å². The zero-order chi connectivity index (χ0) is 21.1. The van der Waals surface area contributed by atoms with E-state index in [1.807, 2.05) is 0 Å². The number of hydrogen-bond donors (Lipinski definition) is 1. The number of nitrogens with one attached hydrogen (secondary N) is 1. The van der Waals surface area contributed by atoms with Crippen LogP contribution in [0.5, 0.6) is 5.75 Å². The predicted molar refractivity (Wildman–Crippen MR) is 105 cm³/mol. The summed E-state index contributed by atoms with van der Waals surface area (Å²) in [6, 6.07) is 9.46. The van der Waals surface area contributed by atoms with Gasteiger partial charge in [-0.1, -0.05) is 35.5 Å². The number of anilines is 1. The summed E-state index contributed by atoms with van der Waals surface area (Å²) in [7, 11) is 0. The van der Waals surface area contributed by atoms with E-state index in [4.69, 9.17) is 11.6 Å². The van der Waals surface area contributed by atoms with Gasteiger partial charge in [0.2, 0.25) is 5.91 Å². The minimum atomic E-state index is -0.836. The van der Waals surface area contributed by atoms with Gasteiger partial charge in [0, 0.05) is 22.8 Å². The zero-order valence-corrected chi connectivity index (χ0v) is 16.0. The Morgan fingerprint density at radius 2 is 1.90 bits per heavy atom. The van der Waals surface area contributed by atoms with Crippen LogP contribution in [0.25, 0.3) is 6.08 Å². The van der Waals surface area contributed by atoms with E-state index in [0.717, 1.165) is 23.1 Å². The van der Waals surface area contributed by atoms with Crippen molar-refractivity contribution in [3.05, 3.63) is 68.1 Å². The fraction of sp³-hybridized carbons (Fsp3) is 0.0556. The Kier molecular flexibility index (Phi) is 5.85. The van der Waals surface area contributed by atoms with Gasteiger partial charge in [0.25, 0.3) is 16.8 Å². The second-order valence-corrected chi connectivity index (χ2v) is 7.23. The molecule has 3 amide bonds. The molecule has 1 aliphatic heterocycles. The lowest BCUT2D eigenvalue weighted by atomic mass is 10.2. The van der Waals surface area contributed by atoms with Gasteiger partial charge in [0.05, 0.1) is 9.83 Å². The fourth-order valence-corrected chi connectivity index (χ4v) is 3.37. The number of non-ortho nitro benzene ring substituents is 1. The predicted octanol–water partition coefficient (Wildman–Crippen LogP) is 3.00. The molecule has 0 unspecified atom stereocenters. The number of amides is 3. The lowest BCUT2D eigenvalue weighted by molar-refractivity contribution is -0.385. The number of benzene rings is 2. The number of nitro benzene ring substituents is 1. The number of halogens is 1. The van der Waals surface area contributed by atoms with Gasteiger partial charge >= 0.3 is 0 Å². The summed E-state index contributed by atoms with van der Waals surface area (Å²) in [5.74, 6) is -2.13. The van der Waals surface area contributed by atoms with Crippen molar-refractivity contribution in [3.63, 3.8) is 0 Å². The molecule has 0 aliphatic carbocycles. The Bertz CT molecular complexity index is 1050. The molecule has 1 aliphatic rings. The quantitative estimate of drug-likeness (QED) is 0.436. The first-order valence-electron chi connectivity index (χ1n) is 8.01. The van der Waals surface area contributed by atoms with E-state index < -0.39 is 34.3 Å². The van der Waals surface area contributed by atoms with Crippen LogP contribution in [0.2, 0.25) is 5.02 Å². The van der Waals surface area contributed by atoms with E-state index >= 15 is 0 Å². The van der Waals surface area contributed by atoms with Crippen molar-refractivity contribution in [2.24, 2.45) is 0 Å². The minimum absolute atomic E-state index is 0.130. The highest BCUT2D eigenvalue weighted by molar-refractivity contribution is 8.18. The molecule has 0 spiro atoms. The van der Waals surface area contributed by atoms with Gasteiger partial charge in [0.1, 0.15) is 6.54 Å². The molecular formula is C18H11ClN3O6S-. The maximum atomic E-state index is 12.4. The Labute approximate surface area is 173 Å². The first-order valence-corrected chi connectivity index (χ1v) is 9.20. The second-order valence-electron chi connectivity index (χ2n) is 5.81. The van der Waals surface area contributed by atoms with Gasteiger partial charge in [-0.05, 0) is 35.5 Å². The van der Waals surface area contributed by atoms with Crippen molar-refractivity contribution in [1.29, 1.82) is 0 Å². The topological polar surface area (TPSA) is 133 Å². The normalized spacial score (nSPS) is 15.1. The Morgan fingerprint density at radius 1 is 1.21 bits per heavy atom. The molecule has 29 heavy (non-hydrogen) atoms. The van der Waals surface area contributed by atoms with Crippen molar-refractivity contribution in [2.45, 2.75) is 0 Å². The van der Waals surface area contributed by atoms with Crippen LogP contribution in [-0.4, -0.2) is 33.4 Å². The van der Waals surface area contributed by atoms with Crippen LogP contribution >= 0.6 is 23.4 Å². The number of rotatable bonds is 5. The average Bonchev–Trinajstić information content (AvgIpc) is 2.92. The molecule has 2 aromatic rings. The molecule has 0 bridgehead atoms. The molecular weight excluding hydrogens is 422 g/mol. The van der Waals surface area contributed by atoms with E-state index in [-0.39, 0.29) is 16.3 Å². The molecule has 0 radical (unpaired) electrons. The number of imide groups is 1. The second kappa shape index (κ2) is 8.33. The maximum absolute atomic E-state index is 12.4. The highest BCUT2D eigenvalue weighted by atomic mass is 35.5. The van der Waals surface area contributed by atoms with Crippen molar-refractivity contribution in [1.82, 2.24) is 4.90 Å². The van der Waals surface area contributed by atoms with Gasteiger partial charge in [-0.15, -0.1) is 0 Å². The maximum Gasteiger partial charge on any atom is 0.294 e. The van der Waals surface area contributed by atoms with Crippen molar-refractivity contribution in [2.75, 3.05) is 11.9 Å². The number of carbonyl (C=O) groups is 3. The first-order chi connectivity index (χ1) is 13.7.